The summed E-state index contributed by atoms with van der Waals surface area (Å²) in [5.74, 6) is 0.948. The highest BCUT2D eigenvalue weighted by Crippen LogP contribution is 2.37. The molecule has 102 valence electrons. The van der Waals surface area contributed by atoms with Gasteiger partial charge in [0.1, 0.15) is 12.4 Å². The van der Waals surface area contributed by atoms with Crippen LogP contribution in [0, 0.1) is 11.3 Å². The second-order valence-corrected chi connectivity index (χ2v) is 6.21. The number of nitrogens with zero attached hydrogens (tertiary/aromatic N) is 2. The molecule has 1 atom stereocenters. The van der Waals surface area contributed by atoms with Crippen LogP contribution < -0.4 is 9.64 Å². The molecule has 0 aromatic heterocycles. The fourth-order valence-corrected chi connectivity index (χ4v) is 2.38. The van der Waals surface area contributed by atoms with Crippen LogP contribution in [0.2, 0.25) is 0 Å². The van der Waals surface area contributed by atoms with Gasteiger partial charge in [-0.05, 0) is 29.5 Å². The Kier molecular flexibility index (Phi) is 3.71. The molecule has 0 spiro atoms. The van der Waals surface area contributed by atoms with E-state index in [4.69, 9.17) is 10.00 Å². The zero-order chi connectivity index (χ0) is 14.0. The maximum Gasteiger partial charge on any atom is 0.142 e. The summed E-state index contributed by atoms with van der Waals surface area (Å²) in [5.41, 5.74) is 2.58. The molecule has 2 rings (SSSR count). The van der Waals surface area contributed by atoms with Crippen molar-refractivity contribution < 1.29 is 4.74 Å². The van der Waals surface area contributed by atoms with Gasteiger partial charge in [-0.25, -0.2) is 0 Å². The van der Waals surface area contributed by atoms with Crippen molar-refractivity contribution >= 4 is 5.69 Å². The molecule has 1 aromatic rings. The van der Waals surface area contributed by atoms with Crippen LogP contribution in [0.3, 0.4) is 0 Å². The van der Waals surface area contributed by atoms with Crippen molar-refractivity contribution in [2.24, 2.45) is 0 Å². The summed E-state index contributed by atoms with van der Waals surface area (Å²) in [5, 5.41) is 8.72. The van der Waals surface area contributed by atoms with Gasteiger partial charge < -0.3 is 9.64 Å². The Morgan fingerprint density at radius 3 is 2.79 bits per heavy atom. The third kappa shape index (κ3) is 2.84. The van der Waals surface area contributed by atoms with Crippen molar-refractivity contribution in [1.29, 1.82) is 5.26 Å². The van der Waals surface area contributed by atoms with Crippen molar-refractivity contribution in [2.75, 3.05) is 18.6 Å². The molecule has 3 nitrogen and oxygen atoms in total. The van der Waals surface area contributed by atoms with Crippen molar-refractivity contribution in [1.82, 2.24) is 0 Å². The Labute approximate surface area is 115 Å². The number of benzene rings is 1. The fraction of sp³-hybridized carbons (Fsp3) is 0.562. The van der Waals surface area contributed by atoms with E-state index in [-0.39, 0.29) is 5.41 Å². The Bertz CT molecular complexity index is 496. The van der Waals surface area contributed by atoms with Crippen LogP contribution in [0.15, 0.2) is 18.2 Å². The summed E-state index contributed by atoms with van der Waals surface area (Å²) in [7, 11) is 2.09. The van der Waals surface area contributed by atoms with Gasteiger partial charge in [-0.1, -0.05) is 26.8 Å². The minimum absolute atomic E-state index is 0.134. The molecule has 1 aliphatic heterocycles. The number of ether oxygens (including phenoxy) is 1. The molecule has 1 unspecified atom stereocenters. The molecule has 1 aliphatic rings. The molecule has 0 saturated carbocycles. The van der Waals surface area contributed by atoms with E-state index in [9.17, 15) is 0 Å². The minimum atomic E-state index is 0.134. The molecule has 0 N–H and O–H groups in total. The lowest BCUT2D eigenvalue weighted by molar-refractivity contribution is 0.260. The van der Waals surface area contributed by atoms with Gasteiger partial charge in [0.05, 0.1) is 17.8 Å². The van der Waals surface area contributed by atoms with Crippen LogP contribution >= 0.6 is 0 Å². The second kappa shape index (κ2) is 5.13. The first kappa shape index (κ1) is 13.7. The maximum absolute atomic E-state index is 8.72. The van der Waals surface area contributed by atoms with Crippen LogP contribution in [0.1, 0.15) is 39.2 Å². The number of rotatable bonds is 2. The highest BCUT2D eigenvalue weighted by molar-refractivity contribution is 5.62. The third-order valence-electron chi connectivity index (χ3n) is 3.77. The van der Waals surface area contributed by atoms with E-state index in [0.29, 0.717) is 19.1 Å². The van der Waals surface area contributed by atoms with Crippen LogP contribution in [-0.2, 0) is 5.41 Å². The summed E-state index contributed by atoms with van der Waals surface area (Å²) in [4.78, 5) is 2.26. The van der Waals surface area contributed by atoms with E-state index < -0.39 is 0 Å². The number of anilines is 1. The maximum atomic E-state index is 8.72. The van der Waals surface area contributed by atoms with Crippen LogP contribution in [-0.4, -0.2) is 19.7 Å². The zero-order valence-electron chi connectivity index (χ0n) is 12.2. The summed E-state index contributed by atoms with van der Waals surface area (Å²) < 4.78 is 5.82. The van der Waals surface area contributed by atoms with Crippen LogP contribution in [0.25, 0.3) is 0 Å². The summed E-state index contributed by atoms with van der Waals surface area (Å²) in [6, 6.07) is 8.93. The summed E-state index contributed by atoms with van der Waals surface area (Å²) >= 11 is 0. The Morgan fingerprint density at radius 2 is 2.16 bits per heavy atom. The highest BCUT2D eigenvalue weighted by atomic mass is 16.5. The monoisotopic (exact) mass is 258 g/mol. The molecule has 1 heterocycles. The van der Waals surface area contributed by atoms with E-state index >= 15 is 0 Å². The highest BCUT2D eigenvalue weighted by Gasteiger charge is 2.26. The van der Waals surface area contributed by atoms with Gasteiger partial charge in [0.2, 0.25) is 0 Å². The van der Waals surface area contributed by atoms with E-state index in [1.165, 1.54) is 5.56 Å². The first-order valence-corrected chi connectivity index (χ1v) is 6.80. The molecule has 3 heteroatoms. The predicted octanol–water partition coefficient (Wildman–Crippen LogP) is 3.49. The van der Waals surface area contributed by atoms with Crippen molar-refractivity contribution in [3.05, 3.63) is 23.8 Å². The van der Waals surface area contributed by atoms with Gasteiger partial charge in [-0.2, -0.15) is 5.26 Å². The third-order valence-corrected chi connectivity index (χ3v) is 3.77. The molecule has 0 fully saturated rings. The molecule has 0 bridgehead atoms. The van der Waals surface area contributed by atoms with Crippen molar-refractivity contribution in [3.63, 3.8) is 0 Å². The Balaban J connectivity index is 2.28. The first-order chi connectivity index (χ1) is 8.93. The minimum Gasteiger partial charge on any atom is -0.489 e. The van der Waals surface area contributed by atoms with Gasteiger partial charge in [0.15, 0.2) is 0 Å². The Morgan fingerprint density at radius 1 is 1.42 bits per heavy atom. The first-order valence-electron chi connectivity index (χ1n) is 6.80. The number of nitriles is 1. The van der Waals surface area contributed by atoms with Gasteiger partial charge in [-0.15, -0.1) is 0 Å². The smallest absolute Gasteiger partial charge is 0.142 e. The fourth-order valence-electron chi connectivity index (χ4n) is 2.38. The lowest BCUT2D eigenvalue weighted by atomic mass is 9.86. The normalized spacial score (nSPS) is 18.5. The predicted molar refractivity (Wildman–Crippen MR) is 77.7 cm³/mol. The molecular formula is C16H22N2O. The van der Waals surface area contributed by atoms with E-state index in [2.05, 4.69) is 57.0 Å². The quantitative estimate of drug-likeness (QED) is 0.814. The molecule has 0 aliphatic carbocycles. The second-order valence-electron chi connectivity index (χ2n) is 6.21. The Hall–Kier alpha value is -1.69. The average Bonchev–Trinajstić information content (AvgIpc) is 2.37. The summed E-state index contributed by atoms with van der Waals surface area (Å²) in [6.45, 7) is 7.31. The molecule has 0 amide bonds. The largest absolute Gasteiger partial charge is 0.489 e. The lowest BCUT2D eigenvalue weighted by Crippen LogP contribution is -2.40. The van der Waals surface area contributed by atoms with E-state index in [1.54, 1.807) is 0 Å². The zero-order valence-corrected chi connectivity index (χ0v) is 12.2. The van der Waals surface area contributed by atoms with Crippen LogP contribution in [0.5, 0.6) is 5.75 Å². The molecule has 19 heavy (non-hydrogen) atoms. The number of likely N-dealkylation sites (N-methyl/N-ethyl adjacent to an activating group) is 1. The molecule has 0 radical (unpaired) electrons. The van der Waals surface area contributed by atoms with Crippen molar-refractivity contribution in [3.8, 4) is 11.8 Å². The van der Waals surface area contributed by atoms with Gasteiger partial charge in [0, 0.05) is 13.5 Å². The van der Waals surface area contributed by atoms with Crippen molar-refractivity contribution in [2.45, 2.75) is 45.1 Å². The van der Waals surface area contributed by atoms with E-state index in [0.717, 1.165) is 17.9 Å². The number of hydrogen-bond acceptors (Lipinski definition) is 3. The number of fused-ring (bicyclic) bond motifs is 1. The van der Waals surface area contributed by atoms with Gasteiger partial charge in [0.25, 0.3) is 0 Å². The van der Waals surface area contributed by atoms with Gasteiger partial charge >= 0.3 is 0 Å². The standard InChI is InChI=1S/C16H22N2O/c1-16(2,3)12-7-8-15-14(10-12)18(4)13(11-19-15)6-5-9-17/h7-8,10,13H,5-6,11H2,1-4H3. The molecule has 0 saturated heterocycles. The topological polar surface area (TPSA) is 36.3 Å². The van der Waals surface area contributed by atoms with Gasteiger partial charge in [-0.3, -0.25) is 0 Å². The van der Waals surface area contributed by atoms with Crippen LogP contribution in [0.4, 0.5) is 5.69 Å². The average molecular weight is 258 g/mol. The lowest BCUT2D eigenvalue weighted by Gasteiger charge is -2.36. The van der Waals surface area contributed by atoms with E-state index in [1.807, 2.05) is 0 Å². The summed E-state index contributed by atoms with van der Waals surface area (Å²) in [6.07, 6.45) is 1.43. The molecule has 1 aromatic carbocycles. The number of hydrogen-bond donors (Lipinski definition) is 0. The molecular weight excluding hydrogens is 236 g/mol. The SMILES string of the molecule is CN1c2cc(C(C)(C)C)ccc2OCC1CCC#N.